The van der Waals surface area contributed by atoms with E-state index in [2.05, 4.69) is 21.8 Å². The topological polar surface area (TPSA) is 75.4 Å². The lowest BCUT2D eigenvalue weighted by Crippen LogP contribution is -2.51. The van der Waals surface area contributed by atoms with Crippen molar-refractivity contribution in [3.05, 3.63) is 52.4 Å². The third kappa shape index (κ3) is 4.28. The maximum atomic E-state index is 13.6. The Morgan fingerprint density at radius 1 is 1.23 bits per heavy atom. The number of halogens is 1. The summed E-state index contributed by atoms with van der Waals surface area (Å²) in [6, 6.07) is 7.66. The summed E-state index contributed by atoms with van der Waals surface area (Å²) in [4.78, 5) is 27.0. The highest BCUT2D eigenvalue weighted by atomic mass is 35.5. The molecule has 2 fully saturated rings. The largest absolute Gasteiger partial charge is 0.353 e. The van der Waals surface area contributed by atoms with E-state index >= 15 is 0 Å². The quantitative estimate of drug-likeness (QED) is 0.736. The molecule has 1 aromatic carbocycles. The Morgan fingerprint density at radius 3 is 2.61 bits per heavy atom. The number of aromatic nitrogens is 2. The number of anilines is 1. The van der Waals surface area contributed by atoms with Crippen molar-refractivity contribution in [1.82, 2.24) is 14.9 Å². The Bertz CT molecular complexity index is 972. The molecule has 1 saturated carbocycles. The molecule has 6 nitrogen and oxygen atoms in total. The zero-order chi connectivity index (χ0) is 21.6. The minimum atomic E-state index is -0.212. The van der Waals surface area contributed by atoms with Crippen LogP contribution >= 0.6 is 23.4 Å². The van der Waals surface area contributed by atoms with Crippen LogP contribution in [0.4, 0.5) is 5.82 Å². The Morgan fingerprint density at radius 2 is 1.94 bits per heavy atom. The van der Waals surface area contributed by atoms with Crippen LogP contribution in [0.5, 0.6) is 0 Å². The highest BCUT2D eigenvalue weighted by Crippen LogP contribution is 2.44. The lowest BCUT2D eigenvalue weighted by atomic mass is 9.89. The van der Waals surface area contributed by atoms with Crippen molar-refractivity contribution >= 4 is 35.1 Å². The van der Waals surface area contributed by atoms with Gasteiger partial charge >= 0.3 is 0 Å². The fourth-order valence-corrected chi connectivity index (χ4v) is 5.84. The minimum Gasteiger partial charge on any atom is -0.353 e. The van der Waals surface area contributed by atoms with Crippen molar-refractivity contribution in [3.63, 3.8) is 0 Å². The molecular weight excluding hydrogens is 430 g/mol. The summed E-state index contributed by atoms with van der Waals surface area (Å²) in [6.07, 6.45) is 4.36. The molecule has 2 atom stereocenters. The number of hydrogen-bond donors (Lipinski definition) is 1. The van der Waals surface area contributed by atoms with Crippen molar-refractivity contribution in [3.8, 4) is 0 Å². The fraction of sp³-hybridized carbons (Fsp3) is 0.522. The molecule has 0 bridgehead atoms. The molecule has 2 aromatic rings. The summed E-state index contributed by atoms with van der Waals surface area (Å²) in [7, 11) is 0. The summed E-state index contributed by atoms with van der Waals surface area (Å²) in [5.41, 5.74) is 9.66. The van der Waals surface area contributed by atoms with E-state index in [0.29, 0.717) is 29.8 Å². The van der Waals surface area contributed by atoms with Crippen molar-refractivity contribution in [1.29, 1.82) is 0 Å². The first-order valence-electron chi connectivity index (χ1n) is 11.0. The van der Waals surface area contributed by atoms with Gasteiger partial charge in [0, 0.05) is 53.3 Å². The summed E-state index contributed by atoms with van der Waals surface area (Å²) < 4.78 is 0. The zero-order valence-corrected chi connectivity index (χ0v) is 19.3. The second-order valence-corrected chi connectivity index (χ2v) is 10.8. The molecule has 3 heterocycles. The van der Waals surface area contributed by atoms with Crippen LogP contribution < -0.4 is 10.6 Å². The first-order valence-corrected chi connectivity index (χ1v) is 12.4. The van der Waals surface area contributed by atoms with Gasteiger partial charge in [-0.3, -0.25) is 4.79 Å². The number of fused-ring (bicyclic) bond motifs is 1. The Balaban J connectivity index is 1.30. The van der Waals surface area contributed by atoms with Gasteiger partial charge in [-0.1, -0.05) is 23.7 Å². The van der Waals surface area contributed by atoms with Gasteiger partial charge in [-0.25, -0.2) is 9.97 Å². The van der Waals surface area contributed by atoms with Gasteiger partial charge in [-0.05, 0) is 43.9 Å². The molecule has 5 rings (SSSR count). The van der Waals surface area contributed by atoms with E-state index < -0.39 is 0 Å². The highest BCUT2D eigenvalue weighted by Gasteiger charge is 2.43. The maximum Gasteiger partial charge on any atom is 0.230 e. The van der Waals surface area contributed by atoms with Crippen molar-refractivity contribution in [2.75, 3.05) is 31.1 Å². The standard InChI is InChI=1S/C23H28ClN5OS/c1-15-20-19(13-31-15)26-14-27-21(20)28-8-10-29(11-9-28)22(30)18(12-23(25)6-7-23)16-2-4-17(24)5-3-16/h2-5,14-15,18H,6-13,25H2,1H3. The van der Waals surface area contributed by atoms with Crippen molar-refractivity contribution < 1.29 is 4.79 Å². The Labute approximate surface area is 192 Å². The molecule has 1 aromatic heterocycles. The van der Waals surface area contributed by atoms with Crippen molar-refractivity contribution in [2.45, 2.75) is 48.6 Å². The molecule has 8 heteroatoms. The molecule has 2 N–H and O–H groups in total. The molecule has 0 radical (unpaired) electrons. The molecule has 3 aliphatic rings. The monoisotopic (exact) mass is 457 g/mol. The van der Waals surface area contributed by atoms with Crippen LogP contribution in [0.3, 0.4) is 0 Å². The first kappa shape index (κ1) is 21.0. The number of piperazine rings is 1. The molecule has 0 spiro atoms. The molecule has 2 aliphatic heterocycles. The Kier molecular flexibility index (Phi) is 5.61. The van der Waals surface area contributed by atoms with Crippen LogP contribution in [0.15, 0.2) is 30.6 Å². The van der Waals surface area contributed by atoms with E-state index in [1.807, 2.05) is 40.9 Å². The molecule has 1 saturated heterocycles. The number of benzene rings is 1. The maximum absolute atomic E-state index is 13.6. The number of thioether (sulfide) groups is 1. The minimum absolute atomic E-state index is 0.176. The van der Waals surface area contributed by atoms with E-state index in [0.717, 1.165) is 48.8 Å². The van der Waals surface area contributed by atoms with Crippen LogP contribution in [0.1, 0.15) is 54.2 Å². The summed E-state index contributed by atoms with van der Waals surface area (Å²) >= 11 is 7.99. The number of carbonyl (C=O) groups is 1. The zero-order valence-electron chi connectivity index (χ0n) is 17.8. The van der Waals surface area contributed by atoms with E-state index in [-0.39, 0.29) is 17.4 Å². The van der Waals surface area contributed by atoms with Gasteiger partial charge in [-0.15, -0.1) is 11.8 Å². The van der Waals surface area contributed by atoms with Crippen LogP contribution in [0, 0.1) is 0 Å². The third-order valence-corrected chi connectivity index (χ3v) is 8.21. The van der Waals surface area contributed by atoms with Gasteiger partial charge in [0.25, 0.3) is 0 Å². The second kappa shape index (κ2) is 8.26. The van der Waals surface area contributed by atoms with Gasteiger partial charge in [0.1, 0.15) is 12.1 Å². The van der Waals surface area contributed by atoms with E-state index in [4.69, 9.17) is 17.3 Å². The van der Waals surface area contributed by atoms with Gasteiger partial charge in [0.2, 0.25) is 5.91 Å². The van der Waals surface area contributed by atoms with Gasteiger partial charge < -0.3 is 15.5 Å². The molecular formula is C23H28ClN5OS. The molecule has 1 amide bonds. The van der Waals surface area contributed by atoms with Crippen LogP contribution in [-0.4, -0.2) is 52.5 Å². The number of nitrogens with zero attached hydrogens (tertiary/aromatic N) is 4. The predicted molar refractivity (Wildman–Crippen MR) is 125 cm³/mol. The van der Waals surface area contributed by atoms with E-state index in [9.17, 15) is 4.79 Å². The summed E-state index contributed by atoms with van der Waals surface area (Å²) in [5, 5.41) is 1.10. The molecule has 164 valence electrons. The van der Waals surface area contributed by atoms with Gasteiger partial charge in [-0.2, -0.15) is 0 Å². The normalized spacial score (nSPS) is 22.9. The van der Waals surface area contributed by atoms with E-state index in [1.165, 1.54) is 5.56 Å². The number of rotatable bonds is 5. The van der Waals surface area contributed by atoms with Gasteiger partial charge in [0.15, 0.2) is 0 Å². The molecule has 2 unspecified atom stereocenters. The highest BCUT2D eigenvalue weighted by molar-refractivity contribution is 7.99. The lowest BCUT2D eigenvalue weighted by molar-refractivity contribution is -0.133. The van der Waals surface area contributed by atoms with Crippen molar-refractivity contribution in [2.24, 2.45) is 5.73 Å². The van der Waals surface area contributed by atoms with Crippen LogP contribution in [-0.2, 0) is 10.5 Å². The number of nitrogens with two attached hydrogens (primary N) is 1. The number of carbonyl (C=O) groups excluding carboxylic acids is 1. The average Bonchev–Trinajstić information content (AvgIpc) is 3.40. The average molecular weight is 458 g/mol. The third-order valence-electron chi connectivity index (χ3n) is 6.79. The van der Waals surface area contributed by atoms with Crippen LogP contribution in [0.25, 0.3) is 0 Å². The molecule has 31 heavy (non-hydrogen) atoms. The first-order chi connectivity index (χ1) is 14.9. The lowest BCUT2D eigenvalue weighted by Gasteiger charge is -2.38. The Hall–Kier alpha value is -1.83. The number of hydrogen-bond acceptors (Lipinski definition) is 6. The summed E-state index contributed by atoms with van der Waals surface area (Å²) in [5.74, 6) is 1.96. The van der Waals surface area contributed by atoms with Gasteiger partial charge in [0.05, 0.1) is 11.6 Å². The van der Waals surface area contributed by atoms with E-state index in [1.54, 1.807) is 6.33 Å². The van der Waals surface area contributed by atoms with Crippen LogP contribution in [0.2, 0.25) is 5.02 Å². The smallest absolute Gasteiger partial charge is 0.230 e. The number of amides is 1. The fourth-order valence-electron chi connectivity index (χ4n) is 4.67. The summed E-state index contributed by atoms with van der Waals surface area (Å²) in [6.45, 7) is 5.18. The second-order valence-electron chi connectivity index (χ2n) is 8.99. The molecule has 1 aliphatic carbocycles. The predicted octanol–water partition coefficient (Wildman–Crippen LogP) is 3.75. The SMILES string of the molecule is CC1SCc2ncnc(N3CCN(C(=O)C(CC4(N)CC4)c4ccc(Cl)cc4)CC3)c21.